The van der Waals surface area contributed by atoms with Crippen LogP contribution in [0.15, 0.2) is 0 Å². The number of aliphatic hydroxyl groups is 3. The molecule has 0 fully saturated rings. The Morgan fingerprint density at radius 2 is 0.640 bits per heavy atom. The van der Waals surface area contributed by atoms with Gasteiger partial charge in [0.2, 0.25) is 0 Å². The highest BCUT2D eigenvalue weighted by Crippen LogP contribution is 2.23. The van der Waals surface area contributed by atoms with Gasteiger partial charge in [0.1, 0.15) is 19.8 Å². The Hall–Kier alpha value is -0.530. The minimum atomic E-state index is -0.805. The van der Waals surface area contributed by atoms with Crippen molar-refractivity contribution in [2.24, 2.45) is 0 Å². The summed E-state index contributed by atoms with van der Waals surface area (Å²) in [6.45, 7) is 3.73. The van der Waals surface area contributed by atoms with Crippen LogP contribution in [-0.4, -0.2) is 76.9 Å². The largest absolute Gasteiger partial charge is 1.00 e. The lowest BCUT2D eigenvalue weighted by atomic mass is 9.95. The predicted octanol–water partition coefficient (Wildman–Crippen LogP) is 7.81. The van der Waals surface area contributed by atoms with Gasteiger partial charge in [-0.3, -0.25) is 9.59 Å². The lowest BCUT2D eigenvalue weighted by Gasteiger charge is -2.44. The summed E-state index contributed by atoms with van der Waals surface area (Å²) in [5.74, 6) is -0.127. The van der Waals surface area contributed by atoms with Crippen LogP contribution in [0, 0.1) is 0 Å². The highest BCUT2D eigenvalue weighted by molar-refractivity contribution is 5.85. The van der Waals surface area contributed by atoms with Crippen LogP contribution in [0.4, 0.5) is 0 Å². The Balaban J connectivity index is 0. The molecule has 0 aliphatic heterocycles. The SMILES string of the molecule is CCCCCCCCCCCCCCCCCC(=O)C(CO)[N+](C)(CCO)C(CO)C(=O)CCCCCCCCCCCCCCCCC.[Cl-]. The highest BCUT2D eigenvalue weighted by atomic mass is 35.5. The molecule has 0 heterocycles. The summed E-state index contributed by atoms with van der Waals surface area (Å²) in [5, 5.41) is 30.5. The standard InChI is InChI=1S/C43H86NO5.ClH/c1-4-6-8-10-12-14-16-18-20-22-24-26-28-30-32-34-42(48)40(38-46)44(3,36-37-45)41(39-47)43(49)35-33-31-29-27-25-23-21-19-17-15-13-11-9-7-5-2;/h40-41,45-47H,4-39H2,1-3H3;1H/q+1;/p-1. The molecule has 2 atom stereocenters. The van der Waals surface area contributed by atoms with Crippen LogP contribution in [-0.2, 0) is 9.59 Å². The Morgan fingerprint density at radius 3 is 0.840 bits per heavy atom. The molecule has 0 aliphatic carbocycles. The van der Waals surface area contributed by atoms with Gasteiger partial charge in [0.05, 0.1) is 13.7 Å². The smallest absolute Gasteiger partial charge is 0.192 e. The van der Waals surface area contributed by atoms with Crippen molar-refractivity contribution in [3.05, 3.63) is 0 Å². The molecule has 3 N–H and O–H groups in total. The normalized spacial score (nSPS) is 13.9. The first-order valence-corrected chi connectivity index (χ1v) is 21.7. The van der Waals surface area contributed by atoms with E-state index in [1.54, 1.807) is 7.05 Å². The molecule has 50 heavy (non-hydrogen) atoms. The highest BCUT2D eigenvalue weighted by Gasteiger charge is 2.45. The average Bonchev–Trinajstić information content (AvgIpc) is 3.08. The minimum absolute atomic E-state index is 0. The molecule has 0 amide bonds. The van der Waals surface area contributed by atoms with Crippen LogP contribution >= 0.6 is 0 Å². The number of carbonyl (C=O) groups is 2. The molecule has 0 aromatic rings. The van der Waals surface area contributed by atoms with Gasteiger partial charge in [-0.1, -0.05) is 194 Å². The molecule has 2 unspecified atom stereocenters. The van der Waals surface area contributed by atoms with Gasteiger partial charge in [-0.25, -0.2) is 0 Å². The quantitative estimate of drug-likeness (QED) is 0.0442. The summed E-state index contributed by atoms with van der Waals surface area (Å²) in [6.07, 6.45) is 38.7. The topological polar surface area (TPSA) is 94.8 Å². The van der Waals surface area contributed by atoms with E-state index < -0.39 is 12.1 Å². The molecule has 0 aromatic carbocycles. The Labute approximate surface area is 317 Å². The van der Waals surface area contributed by atoms with Crippen molar-refractivity contribution in [2.75, 3.05) is 33.4 Å². The van der Waals surface area contributed by atoms with E-state index in [0.717, 1.165) is 38.5 Å². The van der Waals surface area contributed by atoms with Crippen LogP contribution in [0.3, 0.4) is 0 Å². The van der Waals surface area contributed by atoms with Gasteiger partial charge in [-0.15, -0.1) is 0 Å². The van der Waals surface area contributed by atoms with E-state index in [1.165, 1.54) is 154 Å². The molecule has 300 valence electrons. The maximum absolute atomic E-state index is 13.3. The number of quaternary nitrogens is 1. The van der Waals surface area contributed by atoms with Crippen LogP contribution < -0.4 is 12.4 Å². The molecular weight excluding hydrogens is 646 g/mol. The van der Waals surface area contributed by atoms with E-state index in [-0.39, 0.29) is 54.8 Å². The van der Waals surface area contributed by atoms with Gasteiger partial charge in [0, 0.05) is 12.8 Å². The van der Waals surface area contributed by atoms with E-state index in [0.29, 0.717) is 12.8 Å². The summed E-state index contributed by atoms with van der Waals surface area (Å²) >= 11 is 0. The average molecular weight is 733 g/mol. The number of hydrogen-bond donors (Lipinski definition) is 3. The minimum Gasteiger partial charge on any atom is -1.00 e. The number of halogens is 1. The van der Waals surface area contributed by atoms with E-state index >= 15 is 0 Å². The lowest BCUT2D eigenvalue weighted by molar-refractivity contribution is -0.940. The van der Waals surface area contributed by atoms with E-state index in [1.807, 2.05) is 0 Å². The molecule has 0 radical (unpaired) electrons. The molecule has 0 spiro atoms. The van der Waals surface area contributed by atoms with Crippen molar-refractivity contribution in [2.45, 2.75) is 231 Å². The summed E-state index contributed by atoms with van der Waals surface area (Å²) in [4.78, 5) is 26.7. The second kappa shape index (κ2) is 38.2. The molecule has 0 rings (SSSR count). The molecule has 0 bridgehead atoms. The first kappa shape index (κ1) is 51.6. The van der Waals surface area contributed by atoms with Crippen molar-refractivity contribution >= 4 is 11.6 Å². The fourth-order valence-corrected chi connectivity index (χ4v) is 7.65. The third-order valence-electron chi connectivity index (χ3n) is 11.1. The second-order valence-corrected chi connectivity index (χ2v) is 15.5. The molecule has 0 saturated heterocycles. The fourth-order valence-electron chi connectivity index (χ4n) is 7.65. The maximum Gasteiger partial charge on any atom is 0.192 e. The number of ketones is 2. The van der Waals surface area contributed by atoms with Crippen molar-refractivity contribution in [1.82, 2.24) is 0 Å². The molecule has 0 saturated carbocycles. The summed E-state index contributed by atoms with van der Waals surface area (Å²) in [6, 6.07) is -1.61. The third-order valence-corrected chi connectivity index (χ3v) is 11.1. The monoisotopic (exact) mass is 732 g/mol. The van der Waals surface area contributed by atoms with Gasteiger partial charge < -0.3 is 32.2 Å². The zero-order valence-electron chi connectivity index (χ0n) is 33.6. The zero-order chi connectivity index (χ0) is 36.3. The van der Waals surface area contributed by atoms with E-state index in [2.05, 4.69) is 13.8 Å². The van der Waals surface area contributed by atoms with Gasteiger partial charge in [0.25, 0.3) is 0 Å². The third kappa shape index (κ3) is 27.1. The number of hydrogen-bond acceptors (Lipinski definition) is 5. The Kier molecular flexibility index (Phi) is 39.4. The lowest BCUT2D eigenvalue weighted by Crippen LogP contribution is -3.00. The Bertz CT molecular complexity index is 682. The number of rotatable bonds is 40. The zero-order valence-corrected chi connectivity index (χ0v) is 34.3. The van der Waals surface area contributed by atoms with Crippen LogP contribution in [0.2, 0.25) is 0 Å². The molecule has 6 nitrogen and oxygen atoms in total. The number of aliphatic hydroxyl groups excluding tert-OH is 3. The first-order valence-electron chi connectivity index (χ1n) is 21.7. The molecule has 7 heteroatoms. The number of carbonyl (C=O) groups excluding carboxylic acids is 2. The summed E-state index contributed by atoms with van der Waals surface area (Å²) in [5.41, 5.74) is 0. The number of likely N-dealkylation sites (N-methyl/N-ethyl adjacent to an activating group) is 1. The Morgan fingerprint density at radius 1 is 0.420 bits per heavy atom. The number of unbranched alkanes of at least 4 members (excludes halogenated alkanes) is 28. The van der Waals surface area contributed by atoms with E-state index in [9.17, 15) is 24.9 Å². The van der Waals surface area contributed by atoms with Crippen molar-refractivity contribution in [3.8, 4) is 0 Å². The number of Topliss-reactive ketones (excluding diaryl/α,β-unsaturated/α-hetero) is 2. The van der Waals surface area contributed by atoms with Crippen LogP contribution in [0.25, 0.3) is 0 Å². The van der Waals surface area contributed by atoms with Crippen molar-refractivity contribution in [1.29, 1.82) is 0 Å². The molecular formula is C43H86ClNO5. The van der Waals surface area contributed by atoms with Crippen LogP contribution in [0.1, 0.15) is 219 Å². The number of nitrogens with zero attached hydrogens (tertiary/aromatic N) is 1. The first-order chi connectivity index (χ1) is 23.9. The van der Waals surface area contributed by atoms with Gasteiger partial charge in [-0.05, 0) is 12.8 Å². The molecule has 0 aromatic heterocycles. The van der Waals surface area contributed by atoms with Gasteiger partial charge in [-0.2, -0.15) is 0 Å². The predicted molar refractivity (Wildman–Crippen MR) is 209 cm³/mol. The van der Waals surface area contributed by atoms with E-state index in [4.69, 9.17) is 0 Å². The fraction of sp³-hybridized carbons (Fsp3) is 0.953. The van der Waals surface area contributed by atoms with Crippen molar-refractivity contribution in [3.63, 3.8) is 0 Å². The van der Waals surface area contributed by atoms with Crippen LogP contribution in [0.5, 0.6) is 0 Å². The summed E-state index contributed by atoms with van der Waals surface area (Å²) < 4.78 is -0.112. The van der Waals surface area contributed by atoms with Gasteiger partial charge >= 0.3 is 0 Å². The second-order valence-electron chi connectivity index (χ2n) is 15.5. The van der Waals surface area contributed by atoms with Gasteiger partial charge in [0.15, 0.2) is 23.7 Å². The molecule has 0 aliphatic rings. The maximum atomic E-state index is 13.3. The summed E-state index contributed by atoms with van der Waals surface area (Å²) in [7, 11) is 1.76. The van der Waals surface area contributed by atoms with Crippen molar-refractivity contribution < 1.29 is 41.8 Å².